The van der Waals surface area contributed by atoms with Gasteiger partial charge in [0.15, 0.2) is 11.6 Å². The Morgan fingerprint density at radius 1 is 0.844 bits per heavy atom. The Kier molecular flexibility index (Phi) is 9.77. The third-order valence-corrected chi connectivity index (χ3v) is 6.73. The molecule has 0 atom stereocenters. The second-order valence-corrected chi connectivity index (χ2v) is 9.11. The largest absolute Gasteiger partial charge is 0.490 e. The molecule has 32 heavy (non-hydrogen) atoms. The summed E-state index contributed by atoms with van der Waals surface area (Å²) in [5, 5.41) is 0. The summed E-state index contributed by atoms with van der Waals surface area (Å²) in [6, 6.07) is 11.2. The van der Waals surface area contributed by atoms with Crippen LogP contribution < -0.4 is 4.74 Å². The van der Waals surface area contributed by atoms with Gasteiger partial charge in [-0.3, -0.25) is 0 Å². The van der Waals surface area contributed by atoms with Gasteiger partial charge >= 0.3 is 0 Å². The van der Waals surface area contributed by atoms with Crippen molar-refractivity contribution >= 4 is 0 Å². The molecule has 3 rings (SSSR count). The first-order chi connectivity index (χ1) is 15.6. The van der Waals surface area contributed by atoms with Crippen molar-refractivity contribution in [2.24, 2.45) is 5.92 Å². The van der Waals surface area contributed by atoms with Gasteiger partial charge in [0.05, 0.1) is 6.61 Å². The van der Waals surface area contributed by atoms with Gasteiger partial charge in [0.2, 0.25) is 5.82 Å². The van der Waals surface area contributed by atoms with E-state index in [4.69, 9.17) is 4.74 Å². The molecule has 0 spiro atoms. The molecule has 2 aromatic carbocycles. The summed E-state index contributed by atoms with van der Waals surface area (Å²) in [6.07, 6.45) is 16.1. The van der Waals surface area contributed by atoms with Crippen LogP contribution in [0.5, 0.6) is 5.75 Å². The third kappa shape index (κ3) is 6.67. The summed E-state index contributed by atoms with van der Waals surface area (Å²) >= 11 is 0. The Hall–Kier alpha value is -2.16. The standard InChI is InChI=1S/C29H38F2O/c1-3-5-6-7-8-9-21-32-27-20-19-26(28(30)29(27)31)25-17-15-24(16-18-25)23-13-11-22(10-4-2)12-14-23/h4,10,15-20,22-23H,3,5-9,11-14,21H2,1-2H3/b10-4+. The van der Waals surface area contributed by atoms with Crippen molar-refractivity contribution in [2.45, 2.75) is 84.0 Å². The summed E-state index contributed by atoms with van der Waals surface area (Å²) in [7, 11) is 0. The van der Waals surface area contributed by atoms with Gasteiger partial charge in [0.1, 0.15) is 0 Å². The van der Waals surface area contributed by atoms with Crippen LogP contribution in [-0.4, -0.2) is 6.61 Å². The fraction of sp³-hybridized carbons (Fsp3) is 0.517. The molecule has 0 N–H and O–H groups in total. The topological polar surface area (TPSA) is 9.23 Å². The second kappa shape index (κ2) is 12.8. The van der Waals surface area contributed by atoms with E-state index in [1.807, 2.05) is 12.1 Å². The molecule has 0 bridgehead atoms. The first kappa shape index (κ1) is 24.5. The zero-order valence-corrected chi connectivity index (χ0v) is 19.7. The molecule has 0 aliphatic heterocycles. The van der Waals surface area contributed by atoms with Crippen LogP contribution >= 0.6 is 0 Å². The average Bonchev–Trinajstić information content (AvgIpc) is 2.82. The number of unbranched alkanes of at least 4 members (excludes halogenated alkanes) is 5. The maximum absolute atomic E-state index is 14.8. The molecule has 3 heteroatoms. The quantitative estimate of drug-likeness (QED) is 0.250. The van der Waals surface area contributed by atoms with Crippen LogP contribution in [0.4, 0.5) is 8.78 Å². The number of allylic oxidation sites excluding steroid dienone is 2. The van der Waals surface area contributed by atoms with E-state index in [2.05, 4.69) is 38.1 Å². The van der Waals surface area contributed by atoms with Gasteiger partial charge in [-0.1, -0.05) is 75.4 Å². The molecule has 2 aromatic rings. The van der Waals surface area contributed by atoms with Crippen LogP contribution in [0.1, 0.15) is 89.5 Å². The molecule has 1 aliphatic rings. The lowest BCUT2D eigenvalue weighted by atomic mass is 9.78. The van der Waals surface area contributed by atoms with Gasteiger partial charge in [0, 0.05) is 5.56 Å². The molecule has 1 nitrogen and oxygen atoms in total. The van der Waals surface area contributed by atoms with Gasteiger partial charge in [0.25, 0.3) is 0 Å². The SMILES string of the molecule is C/C=C/C1CCC(c2ccc(-c3ccc(OCCCCCCCC)c(F)c3F)cc2)CC1. The molecule has 1 saturated carbocycles. The van der Waals surface area contributed by atoms with E-state index in [0.717, 1.165) is 12.8 Å². The van der Waals surface area contributed by atoms with Crippen molar-refractivity contribution in [3.63, 3.8) is 0 Å². The van der Waals surface area contributed by atoms with E-state index in [1.165, 1.54) is 56.9 Å². The predicted octanol–water partition coefficient (Wildman–Crippen LogP) is 9.22. The first-order valence-electron chi connectivity index (χ1n) is 12.5. The molecule has 0 amide bonds. The van der Waals surface area contributed by atoms with Crippen LogP contribution in [0.2, 0.25) is 0 Å². The van der Waals surface area contributed by atoms with E-state index >= 15 is 0 Å². The number of halogens is 2. The average molecular weight is 441 g/mol. The molecule has 1 aliphatic carbocycles. The lowest BCUT2D eigenvalue weighted by Crippen LogP contribution is -2.11. The Bertz CT molecular complexity index is 848. The van der Waals surface area contributed by atoms with Gasteiger partial charge in [-0.05, 0) is 74.1 Å². The number of rotatable bonds is 11. The lowest BCUT2D eigenvalue weighted by Gasteiger charge is -2.27. The van der Waals surface area contributed by atoms with E-state index in [1.54, 1.807) is 12.1 Å². The number of ether oxygens (including phenoxy) is 1. The first-order valence-corrected chi connectivity index (χ1v) is 12.5. The van der Waals surface area contributed by atoms with Crippen LogP contribution in [0.15, 0.2) is 48.6 Å². The predicted molar refractivity (Wildman–Crippen MR) is 130 cm³/mol. The fourth-order valence-electron chi connectivity index (χ4n) is 4.78. The minimum absolute atomic E-state index is 0.00863. The second-order valence-electron chi connectivity index (χ2n) is 9.11. The highest BCUT2D eigenvalue weighted by Crippen LogP contribution is 2.37. The molecular formula is C29H38F2O. The molecule has 0 unspecified atom stereocenters. The highest BCUT2D eigenvalue weighted by Gasteiger charge is 2.21. The van der Waals surface area contributed by atoms with Gasteiger partial charge in [-0.25, -0.2) is 4.39 Å². The van der Waals surface area contributed by atoms with Crippen molar-refractivity contribution < 1.29 is 13.5 Å². The van der Waals surface area contributed by atoms with Gasteiger partial charge in [-0.15, -0.1) is 0 Å². The zero-order chi connectivity index (χ0) is 22.8. The van der Waals surface area contributed by atoms with E-state index in [0.29, 0.717) is 24.0 Å². The normalized spacial score (nSPS) is 18.9. The Morgan fingerprint density at radius 3 is 2.22 bits per heavy atom. The summed E-state index contributed by atoms with van der Waals surface area (Å²) < 4.78 is 34.9. The monoisotopic (exact) mass is 440 g/mol. The molecule has 0 aromatic heterocycles. The van der Waals surface area contributed by atoms with Crippen LogP contribution in [0, 0.1) is 17.6 Å². The number of hydrogen-bond donors (Lipinski definition) is 0. The minimum Gasteiger partial charge on any atom is -0.490 e. The highest BCUT2D eigenvalue weighted by atomic mass is 19.2. The van der Waals surface area contributed by atoms with Crippen LogP contribution in [-0.2, 0) is 0 Å². The molecule has 0 heterocycles. The third-order valence-electron chi connectivity index (χ3n) is 6.73. The van der Waals surface area contributed by atoms with Gasteiger partial charge in [-0.2, -0.15) is 4.39 Å². The Morgan fingerprint density at radius 2 is 1.53 bits per heavy atom. The maximum atomic E-state index is 14.8. The summed E-state index contributed by atoms with van der Waals surface area (Å²) in [5.74, 6) is -0.446. The molecule has 1 fully saturated rings. The van der Waals surface area contributed by atoms with E-state index < -0.39 is 11.6 Å². The van der Waals surface area contributed by atoms with Crippen molar-refractivity contribution in [1.82, 2.24) is 0 Å². The van der Waals surface area contributed by atoms with Crippen molar-refractivity contribution in [1.29, 1.82) is 0 Å². The molecule has 174 valence electrons. The number of hydrogen-bond acceptors (Lipinski definition) is 1. The molecule has 0 radical (unpaired) electrons. The van der Waals surface area contributed by atoms with Crippen LogP contribution in [0.3, 0.4) is 0 Å². The summed E-state index contributed by atoms with van der Waals surface area (Å²) in [5.41, 5.74) is 2.29. The molecular weight excluding hydrogens is 402 g/mol. The van der Waals surface area contributed by atoms with Crippen LogP contribution in [0.25, 0.3) is 11.1 Å². The van der Waals surface area contributed by atoms with E-state index in [9.17, 15) is 8.78 Å². The molecule has 0 saturated heterocycles. The van der Waals surface area contributed by atoms with Crippen molar-refractivity contribution in [3.05, 3.63) is 65.7 Å². The fourth-order valence-corrected chi connectivity index (χ4v) is 4.78. The maximum Gasteiger partial charge on any atom is 0.201 e. The Balaban J connectivity index is 1.56. The lowest BCUT2D eigenvalue weighted by molar-refractivity contribution is 0.285. The zero-order valence-electron chi connectivity index (χ0n) is 19.7. The number of benzene rings is 2. The minimum atomic E-state index is -0.889. The van der Waals surface area contributed by atoms with Gasteiger partial charge < -0.3 is 4.74 Å². The summed E-state index contributed by atoms with van der Waals surface area (Å²) in [6.45, 7) is 4.70. The summed E-state index contributed by atoms with van der Waals surface area (Å²) in [4.78, 5) is 0. The van der Waals surface area contributed by atoms with E-state index in [-0.39, 0.29) is 11.3 Å². The highest BCUT2D eigenvalue weighted by molar-refractivity contribution is 5.65. The van der Waals surface area contributed by atoms with Crippen molar-refractivity contribution in [2.75, 3.05) is 6.61 Å². The smallest absolute Gasteiger partial charge is 0.201 e. The van der Waals surface area contributed by atoms with Crippen molar-refractivity contribution in [3.8, 4) is 16.9 Å². The Labute approximate surface area is 192 Å².